The van der Waals surface area contributed by atoms with Crippen molar-refractivity contribution in [3.8, 4) is 11.1 Å². The van der Waals surface area contributed by atoms with Crippen molar-refractivity contribution in [2.45, 2.75) is 0 Å². The third-order valence-corrected chi connectivity index (χ3v) is 2.62. The molecular formula is C10H8Cl2N4. The van der Waals surface area contributed by atoms with E-state index in [0.29, 0.717) is 10.7 Å². The van der Waals surface area contributed by atoms with Crippen LogP contribution in [0.25, 0.3) is 11.1 Å². The van der Waals surface area contributed by atoms with Gasteiger partial charge in [-0.1, -0.05) is 35.3 Å². The van der Waals surface area contributed by atoms with Gasteiger partial charge in [0, 0.05) is 10.6 Å². The monoisotopic (exact) mass is 254 g/mol. The van der Waals surface area contributed by atoms with E-state index in [1.807, 2.05) is 12.1 Å². The highest BCUT2D eigenvalue weighted by atomic mass is 35.5. The van der Waals surface area contributed by atoms with Crippen LogP contribution >= 0.6 is 23.2 Å². The summed E-state index contributed by atoms with van der Waals surface area (Å²) in [4.78, 5) is 0. The van der Waals surface area contributed by atoms with Crippen LogP contribution in [0.15, 0.2) is 30.5 Å². The first-order valence-corrected chi connectivity index (χ1v) is 5.21. The Morgan fingerprint density at radius 1 is 1.12 bits per heavy atom. The van der Waals surface area contributed by atoms with Crippen LogP contribution in [0.1, 0.15) is 0 Å². The summed E-state index contributed by atoms with van der Waals surface area (Å²) in [6, 6.07) is 7.28. The Morgan fingerprint density at radius 2 is 1.81 bits per heavy atom. The number of anilines is 1. The minimum Gasteiger partial charge on any atom is -0.321 e. The average Bonchev–Trinajstić information content (AvgIpc) is 2.30. The van der Waals surface area contributed by atoms with Crippen molar-refractivity contribution in [3.05, 3.63) is 40.6 Å². The Labute approximate surface area is 102 Å². The molecule has 0 bridgehead atoms. The Hall–Kier alpha value is -1.36. The lowest BCUT2D eigenvalue weighted by molar-refractivity contribution is 1.03. The Balaban J connectivity index is 2.55. The third-order valence-electron chi connectivity index (χ3n) is 2.11. The first-order valence-electron chi connectivity index (χ1n) is 4.46. The number of halogens is 2. The smallest absolute Gasteiger partial charge is 0.176 e. The van der Waals surface area contributed by atoms with E-state index in [4.69, 9.17) is 29.0 Å². The molecule has 16 heavy (non-hydrogen) atoms. The number of rotatable bonds is 2. The molecule has 0 saturated heterocycles. The van der Waals surface area contributed by atoms with Gasteiger partial charge in [-0.25, -0.2) is 0 Å². The van der Waals surface area contributed by atoms with Crippen LogP contribution in [-0.4, -0.2) is 10.2 Å². The molecule has 0 aliphatic heterocycles. The summed E-state index contributed by atoms with van der Waals surface area (Å²) in [5.41, 5.74) is 4.74. The predicted molar refractivity (Wildman–Crippen MR) is 65.3 cm³/mol. The lowest BCUT2D eigenvalue weighted by atomic mass is 10.1. The van der Waals surface area contributed by atoms with Crippen molar-refractivity contribution in [3.63, 3.8) is 0 Å². The highest BCUT2D eigenvalue weighted by Crippen LogP contribution is 2.31. The highest BCUT2D eigenvalue weighted by molar-refractivity contribution is 6.32. The van der Waals surface area contributed by atoms with Gasteiger partial charge in [0.1, 0.15) is 0 Å². The molecule has 1 aromatic carbocycles. The van der Waals surface area contributed by atoms with Crippen LogP contribution in [0.5, 0.6) is 0 Å². The third kappa shape index (κ3) is 2.09. The highest BCUT2D eigenvalue weighted by Gasteiger charge is 2.09. The van der Waals surface area contributed by atoms with E-state index in [2.05, 4.69) is 15.6 Å². The first-order chi connectivity index (χ1) is 7.72. The number of benzene rings is 1. The minimum absolute atomic E-state index is 0.231. The van der Waals surface area contributed by atoms with E-state index in [9.17, 15) is 0 Å². The Bertz CT molecular complexity index is 499. The fraction of sp³-hybridized carbons (Fsp3) is 0. The van der Waals surface area contributed by atoms with Crippen LogP contribution in [0.3, 0.4) is 0 Å². The van der Waals surface area contributed by atoms with Gasteiger partial charge in [0.25, 0.3) is 0 Å². The van der Waals surface area contributed by atoms with Crippen LogP contribution in [0, 0.1) is 0 Å². The molecule has 2 aromatic rings. The maximum Gasteiger partial charge on any atom is 0.176 e. The molecular weight excluding hydrogens is 247 g/mol. The second kappa shape index (κ2) is 4.65. The second-order valence-electron chi connectivity index (χ2n) is 3.08. The first kappa shape index (κ1) is 11.1. The van der Waals surface area contributed by atoms with Gasteiger partial charge in [0.05, 0.1) is 11.9 Å². The van der Waals surface area contributed by atoms with E-state index in [1.165, 1.54) is 0 Å². The maximum atomic E-state index is 5.87. The molecule has 0 fully saturated rings. The Kier molecular flexibility index (Phi) is 3.24. The van der Waals surface area contributed by atoms with Crippen molar-refractivity contribution >= 4 is 28.9 Å². The summed E-state index contributed by atoms with van der Waals surface area (Å²) in [6.07, 6.45) is 1.59. The van der Waals surface area contributed by atoms with Crippen LogP contribution in [0.2, 0.25) is 10.2 Å². The van der Waals surface area contributed by atoms with E-state index in [1.54, 1.807) is 18.3 Å². The van der Waals surface area contributed by atoms with Gasteiger partial charge in [-0.3, -0.25) is 5.84 Å². The topological polar surface area (TPSA) is 63.8 Å². The quantitative estimate of drug-likeness (QED) is 0.639. The normalized spacial score (nSPS) is 10.2. The van der Waals surface area contributed by atoms with Gasteiger partial charge in [-0.05, 0) is 17.7 Å². The molecule has 0 aliphatic rings. The molecule has 82 valence electrons. The SMILES string of the molecule is NNc1c(-c2ccc(Cl)cc2)cnnc1Cl. The lowest BCUT2D eigenvalue weighted by Crippen LogP contribution is -2.09. The van der Waals surface area contributed by atoms with E-state index >= 15 is 0 Å². The van der Waals surface area contributed by atoms with Gasteiger partial charge >= 0.3 is 0 Å². The molecule has 0 atom stereocenters. The number of hydrazine groups is 1. The summed E-state index contributed by atoms with van der Waals surface area (Å²) in [6.45, 7) is 0. The molecule has 1 heterocycles. The van der Waals surface area contributed by atoms with E-state index in [-0.39, 0.29) is 5.15 Å². The molecule has 2 rings (SSSR count). The van der Waals surface area contributed by atoms with Gasteiger partial charge in [0.2, 0.25) is 0 Å². The van der Waals surface area contributed by atoms with Crippen LogP contribution in [0.4, 0.5) is 5.69 Å². The molecule has 0 aliphatic carbocycles. The number of hydrogen-bond acceptors (Lipinski definition) is 4. The fourth-order valence-corrected chi connectivity index (χ4v) is 1.67. The number of nitrogens with two attached hydrogens (primary N) is 1. The number of nitrogens with zero attached hydrogens (tertiary/aromatic N) is 2. The van der Waals surface area contributed by atoms with Gasteiger partial charge in [0.15, 0.2) is 5.15 Å². The van der Waals surface area contributed by atoms with Crippen molar-refractivity contribution in [2.75, 3.05) is 5.43 Å². The molecule has 0 amide bonds. The number of nitrogen functional groups attached to an aromatic ring is 1. The zero-order valence-electron chi connectivity index (χ0n) is 8.11. The zero-order valence-corrected chi connectivity index (χ0v) is 9.63. The molecule has 3 N–H and O–H groups in total. The maximum absolute atomic E-state index is 5.87. The number of aromatic nitrogens is 2. The molecule has 1 aromatic heterocycles. The molecule has 4 nitrogen and oxygen atoms in total. The average molecular weight is 255 g/mol. The lowest BCUT2D eigenvalue weighted by Gasteiger charge is -2.08. The standard InChI is InChI=1S/C10H8Cl2N4/c11-7-3-1-6(2-4-7)8-5-14-16-10(12)9(8)15-13/h1-5H,13H2,(H,14,15). The van der Waals surface area contributed by atoms with Crippen LogP contribution in [-0.2, 0) is 0 Å². The fourth-order valence-electron chi connectivity index (χ4n) is 1.35. The van der Waals surface area contributed by atoms with Gasteiger partial charge < -0.3 is 5.43 Å². The number of nitrogens with one attached hydrogen (secondary N) is 1. The second-order valence-corrected chi connectivity index (χ2v) is 3.87. The van der Waals surface area contributed by atoms with Gasteiger partial charge in [-0.2, -0.15) is 5.10 Å². The summed E-state index contributed by atoms with van der Waals surface area (Å²) >= 11 is 11.7. The van der Waals surface area contributed by atoms with Crippen molar-refractivity contribution in [2.24, 2.45) is 5.84 Å². The summed E-state index contributed by atoms with van der Waals surface area (Å²) in [5, 5.41) is 8.38. The largest absolute Gasteiger partial charge is 0.321 e. The molecule has 0 unspecified atom stereocenters. The molecule has 0 radical (unpaired) electrons. The van der Waals surface area contributed by atoms with Crippen molar-refractivity contribution in [1.82, 2.24) is 10.2 Å². The predicted octanol–water partition coefficient (Wildman–Crippen LogP) is 2.74. The molecule has 0 spiro atoms. The molecule has 0 saturated carbocycles. The van der Waals surface area contributed by atoms with Gasteiger partial charge in [-0.15, -0.1) is 5.10 Å². The molecule has 6 heteroatoms. The van der Waals surface area contributed by atoms with E-state index in [0.717, 1.165) is 11.1 Å². The van der Waals surface area contributed by atoms with Crippen molar-refractivity contribution in [1.29, 1.82) is 0 Å². The summed E-state index contributed by atoms with van der Waals surface area (Å²) in [7, 11) is 0. The Morgan fingerprint density at radius 3 is 2.44 bits per heavy atom. The zero-order chi connectivity index (χ0) is 11.5. The minimum atomic E-state index is 0.231. The van der Waals surface area contributed by atoms with Crippen molar-refractivity contribution < 1.29 is 0 Å². The number of hydrogen-bond donors (Lipinski definition) is 2. The summed E-state index contributed by atoms with van der Waals surface area (Å²) in [5.74, 6) is 5.39. The van der Waals surface area contributed by atoms with E-state index < -0.39 is 0 Å². The van der Waals surface area contributed by atoms with Crippen LogP contribution < -0.4 is 11.3 Å². The summed E-state index contributed by atoms with van der Waals surface area (Å²) < 4.78 is 0.